The molecule has 6 rings (SSSR count). The van der Waals surface area contributed by atoms with Gasteiger partial charge in [0.1, 0.15) is 0 Å². The fourth-order valence-corrected chi connectivity index (χ4v) is 6.95. The molecule has 0 nitrogen and oxygen atoms in total. The van der Waals surface area contributed by atoms with Crippen molar-refractivity contribution in [2.45, 2.75) is 71.6 Å². The number of benzene rings is 5. The zero-order valence-electron chi connectivity index (χ0n) is 23.9. The second kappa shape index (κ2) is 12.3. The molecule has 0 amide bonds. The van der Waals surface area contributed by atoms with Crippen molar-refractivity contribution in [1.29, 1.82) is 0 Å². The van der Waals surface area contributed by atoms with E-state index < -0.39 is 0 Å². The highest BCUT2D eigenvalue weighted by atomic mass is 32.1. The van der Waals surface area contributed by atoms with Gasteiger partial charge in [-0.1, -0.05) is 94.2 Å². The molecule has 6 aromatic rings. The van der Waals surface area contributed by atoms with E-state index >= 15 is 0 Å². The topological polar surface area (TPSA) is 0 Å². The zero-order valence-corrected chi connectivity index (χ0v) is 24.7. The third kappa shape index (κ3) is 5.94. The third-order valence-electron chi connectivity index (χ3n) is 8.14. The molecule has 0 N–H and O–H groups in total. The van der Waals surface area contributed by atoms with Gasteiger partial charge in [-0.15, -0.1) is 11.3 Å². The second-order valence-corrected chi connectivity index (χ2v) is 12.3. The number of hydrogen-bond donors (Lipinski definition) is 0. The normalized spacial score (nSPS) is 11.4. The minimum absolute atomic E-state index is 1.07. The lowest BCUT2D eigenvalue weighted by molar-refractivity contribution is 0.667. The van der Waals surface area contributed by atoms with E-state index in [0.29, 0.717) is 0 Å². The molecule has 1 heteroatoms. The van der Waals surface area contributed by atoms with Crippen LogP contribution in [0.1, 0.15) is 81.0 Å². The Bertz CT molecular complexity index is 1840. The number of rotatable bonds is 9. The zero-order chi connectivity index (χ0) is 27.3. The molecule has 200 valence electrons. The minimum Gasteiger partial charge on any atom is -0.135 e. The molecular formula is C39H38S. The maximum Gasteiger partial charge on any atom is 0.0361 e. The first-order chi connectivity index (χ1) is 19.7. The van der Waals surface area contributed by atoms with Crippen LogP contribution in [0, 0.1) is 11.8 Å². The van der Waals surface area contributed by atoms with Crippen LogP contribution in [0.5, 0.6) is 0 Å². The van der Waals surface area contributed by atoms with Crippen LogP contribution < -0.4 is 0 Å². The van der Waals surface area contributed by atoms with Gasteiger partial charge in [0, 0.05) is 31.3 Å². The maximum absolute atomic E-state index is 3.40. The molecular weight excluding hydrogens is 500 g/mol. The van der Waals surface area contributed by atoms with E-state index in [0.717, 1.165) is 17.5 Å². The largest absolute Gasteiger partial charge is 0.135 e. The van der Waals surface area contributed by atoms with Gasteiger partial charge < -0.3 is 0 Å². The molecule has 40 heavy (non-hydrogen) atoms. The van der Waals surface area contributed by atoms with Crippen LogP contribution in [0.2, 0.25) is 0 Å². The van der Waals surface area contributed by atoms with E-state index in [2.05, 4.69) is 111 Å². The molecule has 5 aromatic carbocycles. The predicted octanol–water partition coefficient (Wildman–Crippen LogP) is 11.6. The molecule has 0 fully saturated rings. The molecule has 0 saturated heterocycles. The van der Waals surface area contributed by atoms with Crippen LogP contribution in [0.15, 0.2) is 84.9 Å². The lowest BCUT2D eigenvalue weighted by Crippen LogP contribution is -1.86. The summed E-state index contributed by atoms with van der Waals surface area (Å²) >= 11 is 1.90. The van der Waals surface area contributed by atoms with E-state index in [1.165, 1.54) is 104 Å². The number of fused-ring (bicyclic) bond motifs is 5. The third-order valence-corrected chi connectivity index (χ3v) is 9.26. The van der Waals surface area contributed by atoms with Gasteiger partial charge in [0.25, 0.3) is 0 Å². The van der Waals surface area contributed by atoms with Crippen molar-refractivity contribution in [2.24, 2.45) is 0 Å². The molecule has 0 bridgehead atoms. The minimum atomic E-state index is 1.07. The standard InChI is InChI=1S/C39H38S/c1-3-5-7-9-11-30-18-21-33-26-38-37(25-34(33)22-30)36-24-32-20-19-31(23-35(32)27-39(36)40-38)17-16-29-14-12-28(13-15-29)10-8-6-4-2/h12-15,18-27H,3-11H2,1-2H3. The fraction of sp³-hybridized carbons (Fsp3) is 0.282. The molecule has 0 unspecified atom stereocenters. The summed E-state index contributed by atoms with van der Waals surface area (Å²) in [5.74, 6) is 6.77. The van der Waals surface area contributed by atoms with Gasteiger partial charge in [0.2, 0.25) is 0 Å². The highest BCUT2D eigenvalue weighted by Gasteiger charge is 2.09. The summed E-state index contributed by atoms with van der Waals surface area (Å²) in [6, 6.07) is 32.0. The molecule has 1 aromatic heterocycles. The van der Waals surface area contributed by atoms with Crippen LogP contribution in [-0.2, 0) is 12.8 Å². The number of aryl methyl sites for hydroxylation is 2. The van der Waals surface area contributed by atoms with E-state index in [9.17, 15) is 0 Å². The van der Waals surface area contributed by atoms with Gasteiger partial charge in [0.05, 0.1) is 0 Å². The van der Waals surface area contributed by atoms with Crippen LogP contribution in [-0.4, -0.2) is 0 Å². The number of hydrogen-bond acceptors (Lipinski definition) is 1. The molecule has 0 spiro atoms. The van der Waals surface area contributed by atoms with Gasteiger partial charge in [-0.2, -0.15) is 0 Å². The van der Waals surface area contributed by atoms with Gasteiger partial charge in [-0.3, -0.25) is 0 Å². The van der Waals surface area contributed by atoms with Crippen LogP contribution in [0.4, 0.5) is 0 Å². The van der Waals surface area contributed by atoms with E-state index in [-0.39, 0.29) is 0 Å². The van der Waals surface area contributed by atoms with Gasteiger partial charge in [-0.05, 0) is 107 Å². The monoisotopic (exact) mass is 538 g/mol. The second-order valence-electron chi connectivity index (χ2n) is 11.3. The maximum atomic E-state index is 3.40. The first kappa shape index (κ1) is 26.6. The van der Waals surface area contributed by atoms with Crippen LogP contribution >= 0.6 is 11.3 Å². The SMILES string of the molecule is CCCCCCc1ccc2cc3sc4cc5cc(C#Cc6ccc(CCCCC)cc6)ccc5cc4c3cc2c1. The molecule has 0 radical (unpaired) electrons. The average Bonchev–Trinajstić information content (AvgIpc) is 3.32. The van der Waals surface area contributed by atoms with Crippen molar-refractivity contribution in [3.63, 3.8) is 0 Å². The fourth-order valence-electron chi connectivity index (χ4n) is 5.78. The lowest BCUT2D eigenvalue weighted by atomic mass is 9.99. The Morgan fingerprint density at radius 1 is 0.475 bits per heavy atom. The molecule has 0 aliphatic carbocycles. The number of unbranched alkanes of at least 4 members (excludes halogenated alkanes) is 5. The molecule has 0 aliphatic heterocycles. The quantitative estimate of drug-likeness (QED) is 0.127. The van der Waals surface area contributed by atoms with Crippen molar-refractivity contribution in [1.82, 2.24) is 0 Å². The molecule has 0 aliphatic rings. The van der Waals surface area contributed by atoms with Gasteiger partial charge in [-0.25, -0.2) is 0 Å². The Kier molecular flexibility index (Phi) is 8.17. The van der Waals surface area contributed by atoms with Crippen molar-refractivity contribution in [3.8, 4) is 11.8 Å². The average molecular weight is 539 g/mol. The summed E-state index contributed by atoms with van der Waals surface area (Å²) < 4.78 is 2.72. The van der Waals surface area contributed by atoms with Gasteiger partial charge >= 0.3 is 0 Å². The van der Waals surface area contributed by atoms with Crippen molar-refractivity contribution < 1.29 is 0 Å². The lowest BCUT2D eigenvalue weighted by Gasteiger charge is -2.05. The van der Waals surface area contributed by atoms with Crippen LogP contribution in [0.3, 0.4) is 0 Å². The predicted molar refractivity (Wildman–Crippen MR) is 178 cm³/mol. The Hall–Kier alpha value is -3.60. The summed E-state index contributed by atoms with van der Waals surface area (Å²) in [4.78, 5) is 0. The highest BCUT2D eigenvalue weighted by molar-refractivity contribution is 7.26. The highest BCUT2D eigenvalue weighted by Crippen LogP contribution is 2.39. The smallest absolute Gasteiger partial charge is 0.0361 e. The summed E-state index contributed by atoms with van der Waals surface area (Å²) in [7, 11) is 0. The van der Waals surface area contributed by atoms with Crippen molar-refractivity contribution in [3.05, 3.63) is 107 Å². The molecule has 1 heterocycles. The first-order valence-corrected chi connectivity index (χ1v) is 16.0. The molecule has 0 atom stereocenters. The Morgan fingerprint density at radius 2 is 1.02 bits per heavy atom. The Labute approximate surface area is 243 Å². The van der Waals surface area contributed by atoms with Crippen molar-refractivity contribution >= 4 is 53.1 Å². The summed E-state index contributed by atoms with van der Waals surface area (Å²) in [5.41, 5.74) is 5.02. The van der Waals surface area contributed by atoms with E-state index in [4.69, 9.17) is 0 Å². The Balaban J connectivity index is 1.27. The molecule has 0 saturated carbocycles. The summed E-state index contributed by atoms with van der Waals surface area (Å²) in [6.07, 6.45) is 11.4. The number of thiophene rings is 1. The summed E-state index contributed by atoms with van der Waals surface area (Å²) in [5, 5.41) is 7.97. The Morgan fingerprint density at radius 3 is 1.82 bits per heavy atom. The van der Waals surface area contributed by atoms with Gasteiger partial charge in [0.15, 0.2) is 0 Å². The van der Waals surface area contributed by atoms with Crippen LogP contribution in [0.25, 0.3) is 41.7 Å². The first-order valence-electron chi connectivity index (χ1n) is 15.1. The van der Waals surface area contributed by atoms with E-state index in [1.807, 2.05) is 11.3 Å². The van der Waals surface area contributed by atoms with Crippen molar-refractivity contribution in [2.75, 3.05) is 0 Å². The summed E-state index contributed by atoms with van der Waals surface area (Å²) in [6.45, 7) is 4.53. The van der Waals surface area contributed by atoms with E-state index in [1.54, 1.807) is 0 Å².